The van der Waals surface area contributed by atoms with Gasteiger partial charge in [0.2, 0.25) is 5.91 Å². The lowest BCUT2D eigenvalue weighted by atomic mass is 10.0. The van der Waals surface area contributed by atoms with Crippen molar-refractivity contribution in [3.63, 3.8) is 0 Å². The second kappa shape index (κ2) is 3.83. The van der Waals surface area contributed by atoms with Crippen LogP contribution >= 0.6 is 11.8 Å². The summed E-state index contributed by atoms with van der Waals surface area (Å²) >= 11 is 1.66. The Bertz CT molecular complexity index is 125. The van der Waals surface area contributed by atoms with Crippen LogP contribution in [0, 0.1) is 0 Å². The number of primary amides is 1. The molecule has 1 atom stereocenters. The molecular formula is C6H14N2OS. The summed E-state index contributed by atoms with van der Waals surface area (Å²) in [4.78, 5) is 10.6. The Kier molecular flexibility index (Phi) is 3.75. The molecule has 0 aliphatic heterocycles. The van der Waals surface area contributed by atoms with Gasteiger partial charge in [0, 0.05) is 0 Å². The highest BCUT2D eigenvalue weighted by Crippen LogP contribution is 2.08. The summed E-state index contributed by atoms with van der Waals surface area (Å²) in [6.07, 6.45) is 2.61. The molecule has 0 fully saturated rings. The standard InChI is InChI=1S/C6H14N2OS/c1-6(8,5(7)9)3-4-10-2/h3-4,8H2,1-2H3,(H2,7,9). The van der Waals surface area contributed by atoms with Gasteiger partial charge in [-0.1, -0.05) is 0 Å². The van der Waals surface area contributed by atoms with E-state index < -0.39 is 11.4 Å². The minimum absolute atomic E-state index is 0.429. The van der Waals surface area contributed by atoms with E-state index in [1.165, 1.54) is 0 Å². The number of carbonyl (C=O) groups is 1. The third-order valence-electron chi connectivity index (χ3n) is 1.39. The first-order valence-electron chi connectivity index (χ1n) is 3.08. The number of hydrogen-bond donors (Lipinski definition) is 2. The maximum absolute atomic E-state index is 10.6. The fourth-order valence-electron chi connectivity index (χ4n) is 0.437. The van der Waals surface area contributed by atoms with Gasteiger partial charge in [-0.15, -0.1) is 0 Å². The number of rotatable bonds is 4. The van der Waals surface area contributed by atoms with Gasteiger partial charge in [-0.3, -0.25) is 4.79 Å². The Hall–Kier alpha value is -0.220. The molecule has 1 unspecified atom stereocenters. The smallest absolute Gasteiger partial charge is 0.237 e. The topological polar surface area (TPSA) is 69.1 Å². The molecule has 0 aromatic carbocycles. The number of amides is 1. The molecule has 0 saturated heterocycles. The van der Waals surface area contributed by atoms with Crippen LogP contribution in [0.1, 0.15) is 13.3 Å². The largest absolute Gasteiger partial charge is 0.368 e. The monoisotopic (exact) mass is 162 g/mol. The minimum Gasteiger partial charge on any atom is -0.368 e. The maximum atomic E-state index is 10.6. The zero-order valence-electron chi connectivity index (χ0n) is 6.39. The summed E-state index contributed by atoms with van der Waals surface area (Å²) in [6, 6.07) is 0. The molecule has 0 saturated carbocycles. The number of thioether (sulfide) groups is 1. The second-order valence-corrected chi connectivity index (χ2v) is 3.51. The van der Waals surface area contributed by atoms with Gasteiger partial charge in [0.05, 0.1) is 5.54 Å². The molecule has 1 amide bonds. The van der Waals surface area contributed by atoms with E-state index in [9.17, 15) is 4.79 Å². The molecule has 0 bridgehead atoms. The Labute approximate surface area is 65.5 Å². The van der Waals surface area contributed by atoms with Gasteiger partial charge in [0.25, 0.3) is 0 Å². The van der Waals surface area contributed by atoms with Crippen LogP contribution in [-0.4, -0.2) is 23.5 Å². The first kappa shape index (κ1) is 9.78. The van der Waals surface area contributed by atoms with E-state index in [0.29, 0.717) is 6.42 Å². The van der Waals surface area contributed by atoms with Crippen LogP contribution in [-0.2, 0) is 4.79 Å². The first-order valence-corrected chi connectivity index (χ1v) is 4.48. The molecule has 0 spiro atoms. The van der Waals surface area contributed by atoms with E-state index in [1.54, 1.807) is 18.7 Å². The number of nitrogens with two attached hydrogens (primary N) is 2. The Morgan fingerprint density at radius 3 is 2.50 bits per heavy atom. The SMILES string of the molecule is CSCCC(C)(N)C(N)=O. The summed E-state index contributed by atoms with van der Waals surface area (Å²) in [5, 5.41) is 0. The van der Waals surface area contributed by atoms with Crippen molar-refractivity contribution in [2.75, 3.05) is 12.0 Å². The molecule has 60 valence electrons. The molecule has 4 N–H and O–H groups in total. The third kappa shape index (κ3) is 3.08. The highest BCUT2D eigenvalue weighted by molar-refractivity contribution is 7.98. The number of hydrogen-bond acceptors (Lipinski definition) is 3. The van der Waals surface area contributed by atoms with E-state index in [2.05, 4.69) is 0 Å². The lowest BCUT2D eigenvalue weighted by molar-refractivity contribution is -0.122. The second-order valence-electron chi connectivity index (χ2n) is 2.52. The van der Waals surface area contributed by atoms with Crippen LogP contribution in [0.15, 0.2) is 0 Å². The average molecular weight is 162 g/mol. The molecule has 0 radical (unpaired) electrons. The average Bonchev–Trinajstić information content (AvgIpc) is 1.84. The van der Waals surface area contributed by atoms with Gasteiger partial charge in [-0.05, 0) is 25.4 Å². The van der Waals surface area contributed by atoms with Crippen LogP contribution in [0.3, 0.4) is 0 Å². The summed E-state index contributed by atoms with van der Waals surface area (Å²) in [5.74, 6) is 0.442. The molecule has 0 aliphatic carbocycles. The van der Waals surface area contributed by atoms with Crippen LogP contribution < -0.4 is 11.5 Å². The Morgan fingerprint density at radius 1 is 1.70 bits per heavy atom. The van der Waals surface area contributed by atoms with Crippen molar-refractivity contribution in [1.29, 1.82) is 0 Å². The molecule has 0 rings (SSSR count). The predicted molar refractivity (Wildman–Crippen MR) is 44.8 cm³/mol. The Balaban J connectivity index is 3.75. The van der Waals surface area contributed by atoms with Crippen molar-refractivity contribution in [3.8, 4) is 0 Å². The highest BCUT2D eigenvalue weighted by Gasteiger charge is 2.24. The molecular weight excluding hydrogens is 148 g/mol. The molecule has 0 aliphatic rings. The van der Waals surface area contributed by atoms with Gasteiger partial charge in [-0.25, -0.2) is 0 Å². The molecule has 0 aromatic rings. The predicted octanol–water partition coefficient (Wildman–Crippen LogP) is -0.0578. The Morgan fingerprint density at radius 2 is 2.20 bits per heavy atom. The lowest BCUT2D eigenvalue weighted by Gasteiger charge is -2.18. The number of carbonyl (C=O) groups excluding carboxylic acids is 1. The normalized spacial score (nSPS) is 16.3. The van der Waals surface area contributed by atoms with Gasteiger partial charge in [0.15, 0.2) is 0 Å². The van der Waals surface area contributed by atoms with E-state index in [0.717, 1.165) is 5.75 Å². The summed E-state index contributed by atoms with van der Waals surface area (Å²) < 4.78 is 0. The minimum atomic E-state index is -0.830. The molecule has 4 heteroatoms. The summed E-state index contributed by atoms with van der Waals surface area (Å²) in [5.41, 5.74) is 9.77. The molecule has 0 heterocycles. The van der Waals surface area contributed by atoms with Crippen molar-refractivity contribution in [1.82, 2.24) is 0 Å². The summed E-state index contributed by atoms with van der Waals surface area (Å²) in [6.45, 7) is 1.66. The molecule has 0 aromatic heterocycles. The van der Waals surface area contributed by atoms with Crippen molar-refractivity contribution >= 4 is 17.7 Å². The molecule has 10 heavy (non-hydrogen) atoms. The van der Waals surface area contributed by atoms with E-state index in [1.807, 2.05) is 6.26 Å². The lowest BCUT2D eigenvalue weighted by Crippen LogP contribution is -2.49. The maximum Gasteiger partial charge on any atom is 0.237 e. The van der Waals surface area contributed by atoms with Crippen molar-refractivity contribution in [2.45, 2.75) is 18.9 Å². The summed E-state index contributed by atoms with van der Waals surface area (Å²) in [7, 11) is 0. The van der Waals surface area contributed by atoms with Gasteiger partial charge in [0.1, 0.15) is 0 Å². The van der Waals surface area contributed by atoms with Gasteiger partial charge in [-0.2, -0.15) is 11.8 Å². The van der Waals surface area contributed by atoms with Crippen molar-refractivity contribution in [3.05, 3.63) is 0 Å². The van der Waals surface area contributed by atoms with E-state index in [-0.39, 0.29) is 0 Å². The quantitative estimate of drug-likeness (QED) is 0.608. The third-order valence-corrected chi connectivity index (χ3v) is 2.00. The van der Waals surface area contributed by atoms with E-state index >= 15 is 0 Å². The van der Waals surface area contributed by atoms with E-state index in [4.69, 9.17) is 11.5 Å². The zero-order valence-corrected chi connectivity index (χ0v) is 7.20. The first-order chi connectivity index (χ1) is 4.50. The van der Waals surface area contributed by atoms with Crippen LogP contribution in [0.2, 0.25) is 0 Å². The van der Waals surface area contributed by atoms with Gasteiger partial charge >= 0.3 is 0 Å². The highest BCUT2D eigenvalue weighted by atomic mass is 32.2. The van der Waals surface area contributed by atoms with Crippen LogP contribution in [0.4, 0.5) is 0 Å². The fraction of sp³-hybridized carbons (Fsp3) is 0.833. The zero-order chi connectivity index (χ0) is 8.20. The van der Waals surface area contributed by atoms with Gasteiger partial charge < -0.3 is 11.5 Å². The van der Waals surface area contributed by atoms with Crippen molar-refractivity contribution in [2.24, 2.45) is 11.5 Å². The van der Waals surface area contributed by atoms with Crippen LogP contribution in [0.5, 0.6) is 0 Å². The molecule has 3 nitrogen and oxygen atoms in total. The van der Waals surface area contributed by atoms with Crippen molar-refractivity contribution < 1.29 is 4.79 Å². The van der Waals surface area contributed by atoms with Crippen LogP contribution in [0.25, 0.3) is 0 Å². The fourth-order valence-corrected chi connectivity index (χ4v) is 1.07.